The Labute approximate surface area is 132 Å². The van der Waals surface area contributed by atoms with Crippen LogP contribution in [0.3, 0.4) is 0 Å². The number of aliphatic carboxylic acids is 1. The number of aromatic nitrogens is 1. The van der Waals surface area contributed by atoms with Gasteiger partial charge in [-0.15, -0.1) is 12.4 Å². The Morgan fingerprint density at radius 2 is 2.05 bits per heavy atom. The molecule has 0 bridgehead atoms. The number of hydrogen-bond acceptors (Lipinski definition) is 5. The number of rotatable bonds is 4. The van der Waals surface area contributed by atoms with Crippen LogP contribution in [0.4, 0.5) is 11.4 Å². The summed E-state index contributed by atoms with van der Waals surface area (Å²) in [6.07, 6.45) is 3.58. The van der Waals surface area contributed by atoms with Crippen LogP contribution in [0.1, 0.15) is 25.7 Å². The summed E-state index contributed by atoms with van der Waals surface area (Å²) in [7, 11) is 0. The SMILES string of the molecule is Cl.O=C(O)[C@H]1CC[C@@H](Nc2cc(Cl)ncc2[N+](=O)[O-])CC1. The normalized spacial score (nSPS) is 21.2. The molecule has 1 heterocycles. The number of anilines is 1. The molecule has 0 saturated heterocycles. The molecule has 1 aromatic rings. The fourth-order valence-corrected chi connectivity index (χ4v) is 2.55. The van der Waals surface area contributed by atoms with Crippen molar-refractivity contribution in [3.8, 4) is 0 Å². The topological polar surface area (TPSA) is 105 Å². The van der Waals surface area contributed by atoms with Gasteiger partial charge in [-0.2, -0.15) is 0 Å². The lowest BCUT2D eigenvalue weighted by atomic mass is 9.86. The number of nitrogens with zero attached hydrogens (tertiary/aromatic N) is 2. The van der Waals surface area contributed by atoms with Gasteiger partial charge in [0.15, 0.2) is 0 Å². The second-order valence-corrected chi connectivity index (χ2v) is 5.20. The maximum Gasteiger partial charge on any atom is 0.310 e. The van der Waals surface area contributed by atoms with Gasteiger partial charge in [-0.1, -0.05) is 11.6 Å². The fraction of sp³-hybridized carbons (Fsp3) is 0.500. The Kier molecular flexibility index (Phi) is 6.17. The molecule has 9 heteroatoms. The van der Waals surface area contributed by atoms with Crippen molar-refractivity contribution in [1.82, 2.24) is 4.98 Å². The lowest BCUT2D eigenvalue weighted by Gasteiger charge is -2.27. The van der Waals surface area contributed by atoms with Crippen LogP contribution >= 0.6 is 24.0 Å². The van der Waals surface area contributed by atoms with Gasteiger partial charge in [0.2, 0.25) is 0 Å². The van der Waals surface area contributed by atoms with E-state index in [0.29, 0.717) is 31.4 Å². The number of carboxylic acids is 1. The van der Waals surface area contributed by atoms with Crippen LogP contribution in [0, 0.1) is 16.0 Å². The first-order chi connectivity index (χ1) is 9.47. The van der Waals surface area contributed by atoms with Crippen molar-refractivity contribution >= 4 is 41.4 Å². The zero-order valence-corrected chi connectivity index (χ0v) is 12.6. The molecule has 1 aliphatic rings. The quantitative estimate of drug-likeness (QED) is 0.497. The predicted octanol–water partition coefficient (Wildman–Crippen LogP) is 3.12. The molecule has 21 heavy (non-hydrogen) atoms. The third-order valence-electron chi connectivity index (χ3n) is 3.48. The fourth-order valence-electron chi connectivity index (χ4n) is 2.39. The molecule has 0 unspecified atom stereocenters. The smallest absolute Gasteiger partial charge is 0.310 e. The molecule has 1 aromatic heterocycles. The largest absolute Gasteiger partial charge is 0.481 e. The molecule has 1 fully saturated rings. The molecular formula is C12H15Cl2N3O4. The van der Waals surface area contributed by atoms with Gasteiger partial charge < -0.3 is 10.4 Å². The summed E-state index contributed by atoms with van der Waals surface area (Å²) in [5.74, 6) is -1.09. The molecule has 2 N–H and O–H groups in total. The maximum absolute atomic E-state index is 10.9. The maximum atomic E-state index is 10.9. The van der Waals surface area contributed by atoms with Gasteiger partial charge in [-0.25, -0.2) is 4.98 Å². The standard InChI is InChI=1S/C12H14ClN3O4.ClH/c13-11-5-9(10(6-14-11)16(19)20)15-8-3-1-7(2-4-8)12(17)18;/h5-8H,1-4H2,(H,14,15)(H,17,18);1H/t7-,8+;. The van der Waals surface area contributed by atoms with Crippen LogP contribution in [-0.2, 0) is 4.79 Å². The molecular weight excluding hydrogens is 321 g/mol. The highest BCUT2D eigenvalue weighted by Gasteiger charge is 2.27. The lowest BCUT2D eigenvalue weighted by molar-refractivity contribution is -0.384. The molecule has 7 nitrogen and oxygen atoms in total. The summed E-state index contributed by atoms with van der Waals surface area (Å²) >= 11 is 5.75. The minimum absolute atomic E-state index is 0. The molecule has 116 valence electrons. The summed E-state index contributed by atoms with van der Waals surface area (Å²) < 4.78 is 0. The molecule has 0 radical (unpaired) electrons. The van der Waals surface area contributed by atoms with Gasteiger partial charge in [-0.3, -0.25) is 14.9 Å². The highest BCUT2D eigenvalue weighted by atomic mass is 35.5. The molecule has 1 saturated carbocycles. The number of carbonyl (C=O) groups is 1. The van der Waals surface area contributed by atoms with E-state index in [4.69, 9.17) is 16.7 Å². The lowest BCUT2D eigenvalue weighted by Crippen LogP contribution is -2.29. The van der Waals surface area contributed by atoms with Gasteiger partial charge in [0.1, 0.15) is 17.0 Å². The Morgan fingerprint density at radius 1 is 1.43 bits per heavy atom. The van der Waals surface area contributed by atoms with Gasteiger partial charge in [0.05, 0.1) is 10.8 Å². The number of halogens is 2. The number of pyridine rings is 1. The van der Waals surface area contributed by atoms with Gasteiger partial charge in [-0.05, 0) is 25.7 Å². The van der Waals surface area contributed by atoms with Gasteiger partial charge >= 0.3 is 11.7 Å². The van der Waals surface area contributed by atoms with E-state index in [1.807, 2.05) is 0 Å². The molecule has 2 rings (SSSR count). The van der Waals surface area contributed by atoms with Crippen molar-refractivity contribution < 1.29 is 14.8 Å². The summed E-state index contributed by atoms with van der Waals surface area (Å²) in [5, 5.41) is 23.1. The second kappa shape index (κ2) is 7.42. The Hall–Kier alpha value is -1.60. The number of hydrogen-bond donors (Lipinski definition) is 2. The average Bonchev–Trinajstić information content (AvgIpc) is 2.39. The van der Waals surface area contributed by atoms with Crippen LogP contribution in [0.25, 0.3) is 0 Å². The first-order valence-electron chi connectivity index (χ1n) is 6.26. The first kappa shape index (κ1) is 17.5. The van der Waals surface area contributed by atoms with E-state index < -0.39 is 10.9 Å². The van der Waals surface area contributed by atoms with Gasteiger partial charge in [0, 0.05) is 12.1 Å². The summed E-state index contributed by atoms with van der Waals surface area (Å²) in [6.45, 7) is 0. The van der Waals surface area contributed by atoms with E-state index in [1.165, 1.54) is 6.07 Å². The first-order valence-corrected chi connectivity index (χ1v) is 6.64. The van der Waals surface area contributed by atoms with E-state index in [0.717, 1.165) is 6.20 Å². The van der Waals surface area contributed by atoms with Crippen LogP contribution in [0.15, 0.2) is 12.3 Å². The van der Waals surface area contributed by atoms with E-state index >= 15 is 0 Å². The third-order valence-corrected chi connectivity index (χ3v) is 3.69. The minimum Gasteiger partial charge on any atom is -0.481 e. The van der Waals surface area contributed by atoms with Crippen LogP contribution in [0.2, 0.25) is 5.15 Å². The van der Waals surface area contributed by atoms with Crippen molar-refractivity contribution in [3.63, 3.8) is 0 Å². The summed E-state index contributed by atoms with van der Waals surface area (Å²) in [4.78, 5) is 25.0. The zero-order chi connectivity index (χ0) is 14.7. The van der Waals surface area contributed by atoms with E-state index in [2.05, 4.69) is 10.3 Å². The Bertz CT molecular complexity index is 533. The Morgan fingerprint density at radius 3 is 2.57 bits per heavy atom. The van der Waals surface area contributed by atoms with E-state index in [1.54, 1.807) is 0 Å². The van der Waals surface area contributed by atoms with Crippen LogP contribution < -0.4 is 5.32 Å². The van der Waals surface area contributed by atoms with Gasteiger partial charge in [0.25, 0.3) is 0 Å². The highest BCUT2D eigenvalue weighted by molar-refractivity contribution is 6.29. The van der Waals surface area contributed by atoms with Crippen LogP contribution in [0.5, 0.6) is 0 Å². The van der Waals surface area contributed by atoms with Crippen LogP contribution in [-0.4, -0.2) is 27.0 Å². The van der Waals surface area contributed by atoms with Crippen molar-refractivity contribution in [1.29, 1.82) is 0 Å². The molecule has 0 aromatic carbocycles. The zero-order valence-electron chi connectivity index (χ0n) is 11.0. The monoisotopic (exact) mass is 335 g/mol. The van der Waals surface area contributed by atoms with Crippen molar-refractivity contribution in [2.75, 3.05) is 5.32 Å². The van der Waals surface area contributed by atoms with Crippen molar-refractivity contribution in [2.24, 2.45) is 5.92 Å². The number of carboxylic acid groups (broad SMARTS) is 1. The number of nitro groups is 1. The summed E-state index contributed by atoms with van der Waals surface area (Å²) in [6, 6.07) is 1.44. The molecule has 0 atom stereocenters. The molecule has 0 spiro atoms. The van der Waals surface area contributed by atoms with E-state index in [9.17, 15) is 14.9 Å². The Balaban J connectivity index is 0.00000220. The summed E-state index contributed by atoms with van der Waals surface area (Å²) in [5.41, 5.74) is 0.198. The predicted molar refractivity (Wildman–Crippen MR) is 80.2 cm³/mol. The molecule has 1 aliphatic carbocycles. The minimum atomic E-state index is -0.776. The van der Waals surface area contributed by atoms with E-state index in [-0.39, 0.29) is 35.2 Å². The van der Waals surface area contributed by atoms with Crippen molar-refractivity contribution in [2.45, 2.75) is 31.7 Å². The highest BCUT2D eigenvalue weighted by Crippen LogP contribution is 2.31. The average molecular weight is 336 g/mol. The third kappa shape index (κ3) is 4.44. The molecule has 0 aliphatic heterocycles. The number of nitrogens with one attached hydrogen (secondary N) is 1. The van der Waals surface area contributed by atoms with Crippen molar-refractivity contribution in [3.05, 3.63) is 27.5 Å². The second-order valence-electron chi connectivity index (χ2n) is 4.81. The molecule has 0 amide bonds.